The summed E-state index contributed by atoms with van der Waals surface area (Å²) in [4.78, 5) is 13.5. The molecule has 0 amide bonds. The van der Waals surface area contributed by atoms with Crippen molar-refractivity contribution < 1.29 is 64.6 Å². The fourth-order valence-electron chi connectivity index (χ4n) is 9.04. The molecule has 0 unspecified atom stereocenters. The number of aliphatic hydroxyl groups excluding tert-OH is 8. The lowest BCUT2D eigenvalue weighted by Crippen LogP contribution is -2.62. The van der Waals surface area contributed by atoms with Crippen molar-refractivity contribution in [1.29, 1.82) is 0 Å². The van der Waals surface area contributed by atoms with Gasteiger partial charge in [0.05, 0.1) is 19.3 Å². The van der Waals surface area contributed by atoms with Gasteiger partial charge in [0.2, 0.25) is 0 Å². The smallest absolute Gasteiger partial charge is 0.187 e. The maximum atomic E-state index is 13.5. The molecule has 0 radical (unpaired) electrons. The van der Waals surface area contributed by atoms with Crippen LogP contribution in [0, 0.1) is 28.1 Å². The maximum absolute atomic E-state index is 13.5. The van der Waals surface area contributed by atoms with Crippen molar-refractivity contribution in [3.8, 4) is 0 Å². The van der Waals surface area contributed by atoms with Crippen molar-refractivity contribution >= 4 is 5.78 Å². The van der Waals surface area contributed by atoms with Crippen molar-refractivity contribution in [3.63, 3.8) is 0 Å². The molecule has 0 spiro atoms. The van der Waals surface area contributed by atoms with Gasteiger partial charge in [-0.1, -0.05) is 32.4 Å². The Bertz CT molecular complexity index is 1090. The number of fused-ring (bicyclic) bond motifs is 3. The lowest BCUT2D eigenvalue weighted by atomic mass is 9.45. The van der Waals surface area contributed by atoms with E-state index in [-0.39, 0.29) is 41.2 Å². The second kappa shape index (κ2) is 13.1. The lowest BCUT2D eigenvalue weighted by Gasteiger charge is -2.61. The number of carbonyl (C=O) groups excluding carboxylic acids is 1. The Morgan fingerprint density at radius 2 is 1.38 bits per heavy atom. The minimum Gasteiger partial charge on any atom is -0.394 e. The van der Waals surface area contributed by atoms with Crippen LogP contribution in [-0.2, 0) is 23.7 Å². The summed E-state index contributed by atoms with van der Waals surface area (Å²) in [6.45, 7) is 7.06. The molecule has 15 atom stereocenters. The zero-order valence-corrected chi connectivity index (χ0v) is 26.6. The van der Waals surface area contributed by atoms with Crippen LogP contribution in [0.25, 0.3) is 0 Å². The van der Waals surface area contributed by atoms with E-state index in [0.29, 0.717) is 12.8 Å². The number of hydrogen-bond acceptors (Lipinski definition) is 13. The van der Waals surface area contributed by atoms with Crippen LogP contribution >= 0.6 is 0 Å². The highest BCUT2D eigenvalue weighted by molar-refractivity contribution is 5.87. The number of Topliss-reactive ketones (excluding diaryl/α,β-unsaturated/α-hetero) is 1. The van der Waals surface area contributed by atoms with E-state index in [1.165, 1.54) is 5.57 Å². The summed E-state index contributed by atoms with van der Waals surface area (Å²) in [6.07, 6.45) is -7.36. The molecular weight excluding hydrogens is 592 g/mol. The third kappa shape index (κ3) is 6.17. The Morgan fingerprint density at radius 3 is 1.98 bits per heavy atom. The van der Waals surface area contributed by atoms with E-state index in [9.17, 15) is 45.6 Å². The predicted octanol–water partition coefficient (Wildman–Crippen LogP) is -0.864. The fourth-order valence-corrected chi connectivity index (χ4v) is 9.04. The van der Waals surface area contributed by atoms with Crippen LogP contribution in [0.3, 0.4) is 0 Å². The Labute approximate surface area is 263 Å². The molecule has 5 rings (SSSR count). The largest absolute Gasteiger partial charge is 0.394 e. The van der Waals surface area contributed by atoms with Gasteiger partial charge in [0.15, 0.2) is 18.4 Å². The van der Waals surface area contributed by atoms with E-state index in [0.717, 1.165) is 25.7 Å². The molecule has 13 nitrogen and oxygen atoms in total. The summed E-state index contributed by atoms with van der Waals surface area (Å²) in [5.41, 5.74) is 0.0581. The van der Waals surface area contributed by atoms with Gasteiger partial charge in [0.1, 0.15) is 55.4 Å². The minimum absolute atomic E-state index is 0.0694. The quantitative estimate of drug-likeness (QED) is 0.119. The van der Waals surface area contributed by atoms with Gasteiger partial charge in [-0.3, -0.25) is 4.79 Å². The number of ketones is 1. The average Bonchev–Trinajstić information content (AvgIpc) is 3.00. The third-order valence-electron chi connectivity index (χ3n) is 11.9. The van der Waals surface area contributed by atoms with Gasteiger partial charge in [0.25, 0.3) is 0 Å². The zero-order valence-electron chi connectivity index (χ0n) is 26.6. The van der Waals surface area contributed by atoms with Crippen molar-refractivity contribution in [2.75, 3.05) is 19.8 Å². The molecular formula is C32H52O13. The highest BCUT2D eigenvalue weighted by atomic mass is 16.7. The molecule has 2 aliphatic heterocycles. The first-order valence-corrected chi connectivity index (χ1v) is 16.2. The van der Waals surface area contributed by atoms with Crippen molar-refractivity contribution in [1.82, 2.24) is 0 Å². The summed E-state index contributed by atoms with van der Waals surface area (Å²) in [7, 11) is 0. The van der Waals surface area contributed by atoms with Gasteiger partial charge < -0.3 is 59.8 Å². The number of hydrogen-bond donors (Lipinski definition) is 8. The van der Waals surface area contributed by atoms with Crippen LogP contribution in [0.5, 0.6) is 0 Å². The van der Waals surface area contributed by atoms with Crippen LogP contribution in [0.4, 0.5) is 0 Å². The lowest BCUT2D eigenvalue weighted by molar-refractivity contribution is -0.327. The summed E-state index contributed by atoms with van der Waals surface area (Å²) in [6, 6.07) is 0. The topological polar surface area (TPSA) is 216 Å². The Hall–Kier alpha value is -1.07. The minimum atomic E-state index is -1.58. The van der Waals surface area contributed by atoms with E-state index in [1.807, 2.05) is 6.92 Å². The average molecular weight is 645 g/mol. The molecule has 0 bridgehead atoms. The SMILES string of the molecule is CC1(C)[C@@H](O[C@@H]2O[C@H](CO)[C@@H](O)[C@H](O)[C@H]2O)CC[C@]2(C)[C@H]3CC[C@@](C)(C(=O)CO[C@@H]4O[C@H](CO)[C@@H](O)[C@H](O)[C@H]4O)C=C3CC[C@@H]12. The predicted molar refractivity (Wildman–Crippen MR) is 156 cm³/mol. The summed E-state index contributed by atoms with van der Waals surface area (Å²) in [5, 5.41) is 80.4. The van der Waals surface area contributed by atoms with Crippen molar-refractivity contribution in [3.05, 3.63) is 11.6 Å². The van der Waals surface area contributed by atoms with Gasteiger partial charge in [-0.2, -0.15) is 0 Å². The molecule has 2 heterocycles. The summed E-state index contributed by atoms with van der Waals surface area (Å²) in [5.74, 6) is 0.330. The molecule has 2 saturated carbocycles. The molecule has 0 aromatic heterocycles. The molecule has 258 valence electrons. The Kier molecular flexibility index (Phi) is 10.3. The molecule has 2 saturated heterocycles. The second-order valence-electron chi connectivity index (χ2n) is 14.9. The number of ether oxygens (including phenoxy) is 4. The molecule has 4 fully saturated rings. The van der Waals surface area contributed by atoms with Gasteiger partial charge >= 0.3 is 0 Å². The number of allylic oxidation sites excluding steroid dienone is 2. The first-order valence-electron chi connectivity index (χ1n) is 16.2. The van der Waals surface area contributed by atoms with Crippen LogP contribution in [0.15, 0.2) is 11.6 Å². The molecule has 45 heavy (non-hydrogen) atoms. The van der Waals surface area contributed by atoms with Crippen molar-refractivity contribution in [2.45, 2.75) is 134 Å². The first kappa shape index (κ1) is 35.2. The Balaban J connectivity index is 1.25. The van der Waals surface area contributed by atoms with E-state index < -0.39 is 80.0 Å². The van der Waals surface area contributed by atoms with Gasteiger partial charge in [-0.25, -0.2) is 0 Å². The Morgan fingerprint density at radius 1 is 0.800 bits per heavy atom. The highest BCUT2D eigenvalue weighted by Crippen LogP contribution is 2.64. The van der Waals surface area contributed by atoms with Gasteiger partial charge in [-0.05, 0) is 68.1 Å². The molecule has 5 aliphatic rings. The highest BCUT2D eigenvalue weighted by Gasteiger charge is 2.59. The van der Waals surface area contributed by atoms with Crippen LogP contribution in [-0.4, -0.2) is 134 Å². The third-order valence-corrected chi connectivity index (χ3v) is 11.9. The number of rotatable bonds is 8. The molecule has 0 aromatic rings. The maximum Gasteiger partial charge on any atom is 0.187 e. The van der Waals surface area contributed by atoms with E-state index in [2.05, 4.69) is 26.8 Å². The van der Waals surface area contributed by atoms with Crippen LogP contribution < -0.4 is 0 Å². The fraction of sp³-hybridized carbons (Fsp3) is 0.906. The van der Waals surface area contributed by atoms with E-state index >= 15 is 0 Å². The molecule has 3 aliphatic carbocycles. The van der Waals surface area contributed by atoms with Gasteiger partial charge in [-0.15, -0.1) is 0 Å². The second-order valence-corrected chi connectivity index (χ2v) is 14.9. The van der Waals surface area contributed by atoms with E-state index in [4.69, 9.17) is 18.9 Å². The molecule has 13 heteroatoms. The normalized spacial score (nSPS) is 49.9. The molecule has 8 N–H and O–H groups in total. The zero-order chi connectivity index (χ0) is 33.1. The molecule has 0 aromatic carbocycles. The van der Waals surface area contributed by atoms with E-state index in [1.54, 1.807) is 0 Å². The van der Waals surface area contributed by atoms with Crippen LogP contribution in [0.1, 0.15) is 66.2 Å². The standard InChI is InChI=1S/C32H52O13/c1-30(2)19-6-5-15-11-31(3,20(35)14-42-28-26(40)24(38)22(36)17(12-33)43-28)9-7-16(15)32(19,4)10-8-21(30)45-29-27(41)25(39)23(37)18(13-34)44-29/h11,16-19,21-29,33-34,36-41H,5-10,12-14H2,1-4H3/t16-,17+,18+,19-,21-,22+,23+,24-,25-,26+,27+,28+,29-,31+,32+/m0/s1. The first-order chi connectivity index (χ1) is 21.1. The van der Waals surface area contributed by atoms with Crippen molar-refractivity contribution in [2.24, 2.45) is 28.1 Å². The number of carbonyl (C=O) groups is 1. The van der Waals surface area contributed by atoms with Crippen LogP contribution in [0.2, 0.25) is 0 Å². The monoisotopic (exact) mass is 644 g/mol. The number of aliphatic hydroxyl groups is 8. The summed E-state index contributed by atoms with van der Waals surface area (Å²) < 4.78 is 23.0. The van der Waals surface area contributed by atoms with Gasteiger partial charge in [0, 0.05) is 5.41 Å². The summed E-state index contributed by atoms with van der Waals surface area (Å²) >= 11 is 0.